The Morgan fingerprint density at radius 2 is 2.00 bits per heavy atom. The Kier molecular flexibility index (Phi) is 4.33. The van der Waals surface area contributed by atoms with Crippen LogP contribution < -0.4 is 4.74 Å². The maximum absolute atomic E-state index is 13.1. The molecule has 2 bridgehead atoms. The molecule has 1 aromatic rings. The first kappa shape index (κ1) is 17.8. The summed E-state index contributed by atoms with van der Waals surface area (Å²) in [6.45, 7) is 5.87. The standard InChI is InChI=1S/C17H21F3N2O3/c1-16(2,3)25-15(23)22-9-10-7-12(22)13(8-10)24-14-11(17(18,19)20)5-4-6-21-14/h4-6,10,12-13H,7-9H2,1-3H3. The number of carbonyl (C=O) groups excluding carboxylic acids is 1. The Morgan fingerprint density at radius 3 is 2.60 bits per heavy atom. The summed E-state index contributed by atoms with van der Waals surface area (Å²) in [5, 5.41) is 0. The van der Waals surface area contributed by atoms with E-state index in [0.29, 0.717) is 19.4 Å². The summed E-state index contributed by atoms with van der Waals surface area (Å²) >= 11 is 0. The molecule has 1 aliphatic carbocycles. The number of halogens is 3. The summed E-state index contributed by atoms with van der Waals surface area (Å²) in [6.07, 6.45) is -2.92. The summed E-state index contributed by atoms with van der Waals surface area (Å²) in [4.78, 5) is 17.6. The summed E-state index contributed by atoms with van der Waals surface area (Å²) in [5.74, 6) is -0.225. The molecule has 1 saturated carbocycles. The Morgan fingerprint density at radius 1 is 1.28 bits per heavy atom. The molecule has 0 N–H and O–H groups in total. The van der Waals surface area contributed by atoms with Gasteiger partial charge < -0.3 is 14.4 Å². The molecule has 0 radical (unpaired) electrons. The van der Waals surface area contributed by atoms with Gasteiger partial charge in [0.2, 0.25) is 5.88 Å². The first-order valence-electron chi connectivity index (χ1n) is 8.23. The Hall–Kier alpha value is -1.99. The van der Waals surface area contributed by atoms with E-state index in [1.807, 2.05) is 0 Å². The zero-order valence-electron chi connectivity index (χ0n) is 14.3. The number of fused-ring (bicyclic) bond motifs is 2. The normalized spacial score (nSPS) is 26.0. The summed E-state index contributed by atoms with van der Waals surface area (Å²) < 4.78 is 50.3. The quantitative estimate of drug-likeness (QED) is 0.805. The highest BCUT2D eigenvalue weighted by Crippen LogP contribution is 2.42. The molecule has 3 atom stereocenters. The Balaban J connectivity index is 1.75. The van der Waals surface area contributed by atoms with Crippen molar-refractivity contribution >= 4 is 6.09 Å². The van der Waals surface area contributed by atoms with Gasteiger partial charge in [0.25, 0.3) is 0 Å². The highest BCUT2D eigenvalue weighted by molar-refractivity contribution is 5.69. The molecule has 25 heavy (non-hydrogen) atoms. The van der Waals surface area contributed by atoms with E-state index in [-0.39, 0.29) is 12.0 Å². The van der Waals surface area contributed by atoms with Gasteiger partial charge in [0.05, 0.1) is 6.04 Å². The minimum atomic E-state index is -4.54. The molecule has 5 nitrogen and oxygen atoms in total. The molecule has 1 amide bonds. The lowest BCUT2D eigenvalue weighted by atomic mass is 10.1. The van der Waals surface area contributed by atoms with Crippen LogP contribution in [-0.4, -0.2) is 40.3 Å². The second-order valence-corrected chi connectivity index (χ2v) is 7.55. The van der Waals surface area contributed by atoms with Crippen LogP contribution in [0.2, 0.25) is 0 Å². The number of carbonyl (C=O) groups is 1. The van der Waals surface area contributed by atoms with Crippen molar-refractivity contribution in [1.29, 1.82) is 0 Å². The molecule has 1 aromatic heterocycles. The predicted molar refractivity (Wildman–Crippen MR) is 83.1 cm³/mol. The molecule has 1 aliphatic heterocycles. The van der Waals surface area contributed by atoms with Crippen LogP contribution in [0.3, 0.4) is 0 Å². The van der Waals surface area contributed by atoms with E-state index in [1.54, 1.807) is 25.7 Å². The molecular formula is C17H21F3N2O3. The summed E-state index contributed by atoms with van der Waals surface area (Å²) in [6, 6.07) is 1.88. The van der Waals surface area contributed by atoms with Crippen LogP contribution in [0.5, 0.6) is 5.88 Å². The van der Waals surface area contributed by atoms with Crippen LogP contribution in [0.4, 0.5) is 18.0 Å². The van der Waals surface area contributed by atoms with Crippen molar-refractivity contribution in [2.75, 3.05) is 6.54 Å². The summed E-state index contributed by atoms with van der Waals surface area (Å²) in [5.41, 5.74) is -1.53. The predicted octanol–water partition coefficient (Wildman–Crippen LogP) is 3.88. The van der Waals surface area contributed by atoms with E-state index in [0.717, 1.165) is 6.07 Å². The van der Waals surface area contributed by atoms with Crippen LogP contribution in [0, 0.1) is 5.92 Å². The zero-order chi connectivity index (χ0) is 18.4. The molecule has 0 spiro atoms. The fourth-order valence-electron chi connectivity index (χ4n) is 3.47. The Labute approximate surface area is 144 Å². The molecule has 0 aromatic carbocycles. The van der Waals surface area contributed by atoms with E-state index in [1.165, 1.54) is 12.3 Å². The number of pyridine rings is 1. The molecular weight excluding hydrogens is 337 g/mol. The number of nitrogens with zero attached hydrogens (tertiary/aromatic N) is 2. The second kappa shape index (κ2) is 6.07. The average Bonchev–Trinajstić information content (AvgIpc) is 3.05. The number of alkyl halides is 3. The lowest BCUT2D eigenvalue weighted by molar-refractivity contribution is -0.140. The molecule has 1 saturated heterocycles. The summed E-state index contributed by atoms with van der Waals surface area (Å²) in [7, 11) is 0. The monoisotopic (exact) mass is 358 g/mol. The van der Waals surface area contributed by atoms with E-state index in [4.69, 9.17) is 9.47 Å². The maximum Gasteiger partial charge on any atom is 0.421 e. The van der Waals surface area contributed by atoms with Gasteiger partial charge in [-0.2, -0.15) is 13.2 Å². The van der Waals surface area contributed by atoms with Crippen LogP contribution in [-0.2, 0) is 10.9 Å². The van der Waals surface area contributed by atoms with Crippen molar-refractivity contribution in [2.24, 2.45) is 5.92 Å². The van der Waals surface area contributed by atoms with Gasteiger partial charge in [-0.3, -0.25) is 0 Å². The number of amides is 1. The number of piperidine rings is 1. The van der Waals surface area contributed by atoms with Crippen molar-refractivity contribution in [2.45, 2.75) is 57.5 Å². The minimum absolute atomic E-state index is 0.209. The fourth-order valence-corrected chi connectivity index (χ4v) is 3.47. The van der Waals surface area contributed by atoms with Crippen LogP contribution >= 0.6 is 0 Å². The van der Waals surface area contributed by atoms with Crippen molar-refractivity contribution in [3.63, 3.8) is 0 Å². The van der Waals surface area contributed by atoms with E-state index >= 15 is 0 Å². The third kappa shape index (κ3) is 3.82. The molecule has 2 fully saturated rings. The average molecular weight is 358 g/mol. The van der Waals surface area contributed by atoms with Crippen molar-refractivity contribution in [3.05, 3.63) is 23.9 Å². The highest BCUT2D eigenvalue weighted by atomic mass is 19.4. The molecule has 8 heteroatoms. The maximum atomic E-state index is 13.1. The third-order valence-corrected chi connectivity index (χ3v) is 4.39. The minimum Gasteiger partial charge on any atom is -0.472 e. The molecule has 3 rings (SSSR count). The van der Waals surface area contributed by atoms with Gasteiger partial charge in [-0.05, 0) is 51.7 Å². The van der Waals surface area contributed by atoms with Crippen LogP contribution in [0.25, 0.3) is 0 Å². The topological polar surface area (TPSA) is 51.7 Å². The number of ether oxygens (including phenoxy) is 2. The Bertz CT molecular complexity index is 657. The molecule has 3 unspecified atom stereocenters. The zero-order valence-corrected chi connectivity index (χ0v) is 14.3. The lowest BCUT2D eigenvalue weighted by Crippen LogP contribution is -2.48. The number of hydrogen-bond acceptors (Lipinski definition) is 4. The number of hydrogen-bond donors (Lipinski definition) is 0. The first-order valence-corrected chi connectivity index (χ1v) is 8.23. The van der Waals surface area contributed by atoms with Crippen molar-refractivity contribution in [1.82, 2.24) is 9.88 Å². The van der Waals surface area contributed by atoms with Gasteiger partial charge in [-0.25, -0.2) is 9.78 Å². The van der Waals surface area contributed by atoms with Gasteiger partial charge in [-0.1, -0.05) is 0 Å². The van der Waals surface area contributed by atoms with Gasteiger partial charge >= 0.3 is 12.3 Å². The number of likely N-dealkylation sites (tertiary alicyclic amines) is 1. The van der Waals surface area contributed by atoms with Crippen LogP contribution in [0.1, 0.15) is 39.2 Å². The van der Waals surface area contributed by atoms with E-state index in [2.05, 4.69) is 4.98 Å². The van der Waals surface area contributed by atoms with Crippen LogP contribution in [0.15, 0.2) is 18.3 Å². The van der Waals surface area contributed by atoms with E-state index < -0.39 is 35.4 Å². The van der Waals surface area contributed by atoms with Gasteiger partial charge in [-0.15, -0.1) is 0 Å². The van der Waals surface area contributed by atoms with Gasteiger partial charge in [0, 0.05) is 12.7 Å². The molecule has 138 valence electrons. The number of rotatable bonds is 2. The third-order valence-electron chi connectivity index (χ3n) is 4.39. The number of aromatic nitrogens is 1. The van der Waals surface area contributed by atoms with Gasteiger partial charge in [0.1, 0.15) is 17.3 Å². The first-order chi connectivity index (χ1) is 11.5. The van der Waals surface area contributed by atoms with Crippen molar-refractivity contribution < 1.29 is 27.4 Å². The molecule has 2 aliphatic rings. The van der Waals surface area contributed by atoms with Gasteiger partial charge in [0.15, 0.2) is 0 Å². The fraction of sp³-hybridized carbons (Fsp3) is 0.647. The SMILES string of the molecule is CC(C)(C)OC(=O)N1CC2CC(Oc3ncccc3C(F)(F)F)C1C2. The largest absolute Gasteiger partial charge is 0.472 e. The smallest absolute Gasteiger partial charge is 0.421 e. The van der Waals surface area contributed by atoms with Crippen molar-refractivity contribution in [3.8, 4) is 5.88 Å². The second-order valence-electron chi connectivity index (χ2n) is 7.55. The highest BCUT2D eigenvalue weighted by Gasteiger charge is 2.50. The van der Waals surface area contributed by atoms with E-state index in [9.17, 15) is 18.0 Å². The lowest BCUT2D eigenvalue weighted by Gasteiger charge is -2.34. The molecule has 2 heterocycles.